The van der Waals surface area contributed by atoms with Crippen molar-refractivity contribution in [1.82, 2.24) is 15.2 Å². The van der Waals surface area contributed by atoms with Gasteiger partial charge in [-0.2, -0.15) is 0 Å². The summed E-state index contributed by atoms with van der Waals surface area (Å²) in [5, 5.41) is 2.87. The number of pyridine rings is 1. The molecule has 1 saturated heterocycles. The summed E-state index contributed by atoms with van der Waals surface area (Å²) in [5.41, 5.74) is 6.51. The van der Waals surface area contributed by atoms with Gasteiger partial charge >= 0.3 is 0 Å². The molecule has 0 radical (unpaired) electrons. The number of nitrogen functional groups attached to an aromatic ring is 1. The van der Waals surface area contributed by atoms with Crippen molar-refractivity contribution >= 4 is 11.6 Å². The number of nitrogens with two attached hydrogens (primary N) is 1. The summed E-state index contributed by atoms with van der Waals surface area (Å²) in [6.45, 7) is 4.16. The highest BCUT2D eigenvalue weighted by atomic mass is 16.1. The van der Waals surface area contributed by atoms with Gasteiger partial charge in [-0.15, -0.1) is 0 Å². The smallest absolute Gasteiger partial charge is 0.269 e. The second-order valence-corrected chi connectivity index (χ2v) is 4.63. The number of hydrogen-bond donors (Lipinski definition) is 2. The normalized spacial score (nSPS) is 15.8. The van der Waals surface area contributed by atoms with E-state index in [4.69, 9.17) is 5.73 Å². The molecule has 0 aliphatic carbocycles. The average molecular weight is 248 g/mol. The van der Waals surface area contributed by atoms with Gasteiger partial charge in [-0.25, -0.2) is 4.98 Å². The van der Waals surface area contributed by atoms with E-state index in [-0.39, 0.29) is 5.91 Å². The molecule has 98 valence electrons. The van der Waals surface area contributed by atoms with Crippen LogP contribution in [0, 0.1) is 0 Å². The highest BCUT2D eigenvalue weighted by Crippen LogP contribution is 2.07. The van der Waals surface area contributed by atoms with Crippen LogP contribution in [0.1, 0.15) is 29.8 Å². The monoisotopic (exact) mass is 248 g/mol. The molecular weight excluding hydrogens is 228 g/mol. The summed E-state index contributed by atoms with van der Waals surface area (Å²) >= 11 is 0. The molecule has 1 aromatic heterocycles. The molecule has 18 heavy (non-hydrogen) atoms. The topological polar surface area (TPSA) is 71.2 Å². The molecule has 0 saturated carbocycles. The zero-order chi connectivity index (χ0) is 12.8. The number of carbonyl (C=O) groups excluding carboxylic acids is 1. The Balaban J connectivity index is 1.66. The van der Waals surface area contributed by atoms with Gasteiger partial charge in [0.05, 0.1) is 11.9 Å². The van der Waals surface area contributed by atoms with Crippen LogP contribution >= 0.6 is 0 Å². The molecule has 2 heterocycles. The molecule has 1 fully saturated rings. The van der Waals surface area contributed by atoms with E-state index in [1.807, 2.05) is 0 Å². The van der Waals surface area contributed by atoms with Crippen LogP contribution in [0.4, 0.5) is 5.69 Å². The summed E-state index contributed by atoms with van der Waals surface area (Å²) in [6.07, 6.45) is 5.10. The van der Waals surface area contributed by atoms with Crippen LogP contribution in [0.25, 0.3) is 0 Å². The standard InChI is InChI=1S/C13H20N4O/c14-11-4-5-12(16-10-11)13(18)15-6-3-9-17-7-1-2-8-17/h4-5,10H,1-3,6-9,14H2,(H,15,18). The molecule has 0 unspecified atom stereocenters. The van der Waals surface area contributed by atoms with E-state index in [0.29, 0.717) is 17.9 Å². The summed E-state index contributed by atoms with van der Waals surface area (Å²) in [5.74, 6) is -0.128. The fourth-order valence-electron chi connectivity index (χ4n) is 2.14. The third-order valence-electron chi connectivity index (χ3n) is 3.15. The van der Waals surface area contributed by atoms with Crippen molar-refractivity contribution in [2.75, 3.05) is 31.9 Å². The van der Waals surface area contributed by atoms with Crippen molar-refractivity contribution in [3.63, 3.8) is 0 Å². The molecule has 1 aromatic rings. The molecule has 3 N–H and O–H groups in total. The summed E-state index contributed by atoms with van der Waals surface area (Å²) in [4.78, 5) is 18.1. The number of amides is 1. The average Bonchev–Trinajstić information content (AvgIpc) is 2.88. The molecule has 5 nitrogen and oxygen atoms in total. The van der Waals surface area contributed by atoms with E-state index < -0.39 is 0 Å². The Hall–Kier alpha value is -1.62. The van der Waals surface area contributed by atoms with Crippen LogP contribution in [0.5, 0.6) is 0 Å². The van der Waals surface area contributed by atoms with Gasteiger partial charge < -0.3 is 16.0 Å². The third-order valence-corrected chi connectivity index (χ3v) is 3.15. The largest absolute Gasteiger partial charge is 0.397 e. The van der Waals surface area contributed by atoms with Crippen molar-refractivity contribution < 1.29 is 4.79 Å². The Morgan fingerprint density at radius 1 is 1.39 bits per heavy atom. The summed E-state index contributed by atoms with van der Waals surface area (Å²) in [7, 11) is 0. The predicted molar refractivity (Wildman–Crippen MR) is 71.3 cm³/mol. The van der Waals surface area contributed by atoms with E-state index in [2.05, 4.69) is 15.2 Å². The first kappa shape index (κ1) is 12.8. The number of anilines is 1. The van der Waals surface area contributed by atoms with Crippen molar-refractivity contribution in [2.45, 2.75) is 19.3 Å². The number of nitrogens with zero attached hydrogens (tertiary/aromatic N) is 2. The fraction of sp³-hybridized carbons (Fsp3) is 0.538. The predicted octanol–water partition coefficient (Wildman–Crippen LogP) is 0.879. The maximum Gasteiger partial charge on any atom is 0.269 e. The van der Waals surface area contributed by atoms with Gasteiger partial charge in [-0.05, 0) is 51.0 Å². The molecular formula is C13H20N4O. The quantitative estimate of drug-likeness (QED) is 0.759. The van der Waals surface area contributed by atoms with E-state index in [1.165, 1.54) is 32.1 Å². The Bertz CT molecular complexity index is 384. The SMILES string of the molecule is Nc1ccc(C(=O)NCCCN2CCCC2)nc1. The second kappa shape index (κ2) is 6.35. The molecule has 0 bridgehead atoms. The minimum Gasteiger partial charge on any atom is -0.397 e. The van der Waals surface area contributed by atoms with Gasteiger partial charge in [0, 0.05) is 6.54 Å². The zero-order valence-corrected chi connectivity index (χ0v) is 10.6. The second-order valence-electron chi connectivity index (χ2n) is 4.63. The lowest BCUT2D eigenvalue weighted by Gasteiger charge is -2.14. The van der Waals surface area contributed by atoms with Crippen LogP contribution < -0.4 is 11.1 Å². The molecule has 0 atom stereocenters. The van der Waals surface area contributed by atoms with Crippen molar-refractivity contribution in [2.24, 2.45) is 0 Å². The van der Waals surface area contributed by atoms with E-state index in [0.717, 1.165) is 13.0 Å². The lowest BCUT2D eigenvalue weighted by molar-refractivity contribution is 0.0947. The third kappa shape index (κ3) is 3.70. The van der Waals surface area contributed by atoms with Crippen LogP contribution in [-0.4, -0.2) is 42.0 Å². The first-order valence-electron chi connectivity index (χ1n) is 6.48. The van der Waals surface area contributed by atoms with Gasteiger partial charge in [0.25, 0.3) is 5.91 Å². The molecule has 1 aliphatic rings. The minimum absolute atomic E-state index is 0.128. The summed E-state index contributed by atoms with van der Waals surface area (Å²) in [6, 6.07) is 3.33. The van der Waals surface area contributed by atoms with Gasteiger partial charge in [-0.3, -0.25) is 4.79 Å². The highest BCUT2D eigenvalue weighted by Gasteiger charge is 2.11. The van der Waals surface area contributed by atoms with Crippen LogP contribution in [0.2, 0.25) is 0 Å². The Morgan fingerprint density at radius 2 is 2.17 bits per heavy atom. The zero-order valence-electron chi connectivity index (χ0n) is 10.6. The number of hydrogen-bond acceptors (Lipinski definition) is 4. The molecule has 0 spiro atoms. The van der Waals surface area contributed by atoms with Crippen molar-refractivity contribution in [1.29, 1.82) is 0 Å². The Kier molecular flexibility index (Phi) is 4.52. The fourth-order valence-corrected chi connectivity index (χ4v) is 2.14. The number of likely N-dealkylation sites (tertiary alicyclic amines) is 1. The van der Waals surface area contributed by atoms with E-state index in [1.54, 1.807) is 12.1 Å². The molecule has 1 amide bonds. The van der Waals surface area contributed by atoms with Crippen LogP contribution in [0.3, 0.4) is 0 Å². The van der Waals surface area contributed by atoms with Crippen molar-refractivity contribution in [3.05, 3.63) is 24.0 Å². The number of aromatic nitrogens is 1. The highest BCUT2D eigenvalue weighted by molar-refractivity contribution is 5.92. The first-order chi connectivity index (χ1) is 8.75. The number of nitrogens with one attached hydrogen (secondary N) is 1. The van der Waals surface area contributed by atoms with Gasteiger partial charge in [0.2, 0.25) is 0 Å². The van der Waals surface area contributed by atoms with Gasteiger partial charge in [0.1, 0.15) is 5.69 Å². The van der Waals surface area contributed by atoms with Crippen molar-refractivity contribution in [3.8, 4) is 0 Å². The first-order valence-corrected chi connectivity index (χ1v) is 6.48. The number of carbonyl (C=O) groups is 1. The Labute approximate surface area is 107 Å². The molecule has 1 aliphatic heterocycles. The minimum atomic E-state index is -0.128. The Morgan fingerprint density at radius 3 is 2.83 bits per heavy atom. The lowest BCUT2D eigenvalue weighted by Crippen LogP contribution is -2.29. The van der Waals surface area contributed by atoms with Crippen LogP contribution in [-0.2, 0) is 0 Å². The van der Waals surface area contributed by atoms with E-state index >= 15 is 0 Å². The summed E-state index contributed by atoms with van der Waals surface area (Å²) < 4.78 is 0. The lowest BCUT2D eigenvalue weighted by atomic mass is 10.3. The molecule has 0 aromatic carbocycles. The molecule has 2 rings (SSSR count). The maximum atomic E-state index is 11.7. The van der Waals surface area contributed by atoms with Gasteiger partial charge in [0.15, 0.2) is 0 Å². The number of rotatable bonds is 5. The van der Waals surface area contributed by atoms with Crippen LogP contribution in [0.15, 0.2) is 18.3 Å². The maximum absolute atomic E-state index is 11.7. The van der Waals surface area contributed by atoms with E-state index in [9.17, 15) is 4.79 Å². The molecule has 5 heteroatoms. The van der Waals surface area contributed by atoms with Gasteiger partial charge in [-0.1, -0.05) is 0 Å².